The van der Waals surface area contributed by atoms with Crippen LogP contribution in [0.1, 0.15) is 66.3 Å². The minimum Gasteiger partial charge on any atom is -0.341 e. The SMILES string of the molecule is Cc1ccc([C@H]2CC[C@H](c3cc4[nH]c([C@@H]5CCCN5)nc4cc3F)N2)cc1. The van der Waals surface area contributed by atoms with Crippen molar-refractivity contribution in [2.45, 2.75) is 50.7 Å². The molecular formula is C22H25FN4. The van der Waals surface area contributed by atoms with Crippen molar-refractivity contribution in [1.29, 1.82) is 0 Å². The number of aromatic nitrogens is 2. The van der Waals surface area contributed by atoms with Gasteiger partial charge in [0.05, 0.1) is 17.1 Å². The molecule has 2 aromatic carbocycles. The Morgan fingerprint density at radius 3 is 2.59 bits per heavy atom. The number of imidazole rings is 1. The molecule has 2 fully saturated rings. The van der Waals surface area contributed by atoms with E-state index in [0.29, 0.717) is 5.52 Å². The third-order valence-electron chi connectivity index (χ3n) is 6.01. The molecule has 1 aromatic heterocycles. The first-order valence-electron chi connectivity index (χ1n) is 9.92. The van der Waals surface area contributed by atoms with Crippen LogP contribution in [0.4, 0.5) is 4.39 Å². The van der Waals surface area contributed by atoms with Crippen molar-refractivity contribution in [2.24, 2.45) is 0 Å². The van der Waals surface area contributed by atoms with E-state index < -0.39 is 0 Å². The zero-order valence-corrected chi connectivity index (χ0v) is 15.6. The number of aromatic amines is 1. The Balaban J connectivity index is 1.41. The van der Waals surface area contributed by atoms with E-state index in [1.165, 1.54) is 11.1 Å². The van der Waals surface area contributed by atoms with E-state index in [0.717, 1.165) is 49.1 Å². The predicted molar refractivity (Wildman–Crippen MR) is 105 cm³/mol. The first-order chi connectivity index (χ1) is 13.2. The van der Waals surface area contributed by atoms with E-state index in [1.54, 1.807) is 6.07 Å². The zero-order valence-electron chi connectivity index (χ0n) is 15.6. The van der Waals surface area contributed by atoms with E-state index in [1.807, 2.05) is 6.07 Å². The van der Waals surface area contributed by atoms with Crippen molar-refractivity contribution in [3.05, 3.63) is 64.7 Å². The number of hydrogen-bond donors (Lipinski definition) is 3. The van der Waals surface area contributed by atoms with E-state index >= 15 is 0 Å². The second-order valence-electron chi connectivity index (χ2n) is 7.92. The molecule has 3 aromatic rings. The average molecular weight is 364 g/mol. The molecule has 3 heterocycles. The van der Waals surface area contributed by atoms with Crippen LogP contribution in [0.15, 0.2) is 36.4 Å². The lowest BCUT2D eigenvalue weighted by Gasteiger charge is -2.16. The molecule has 0 saturated carbocycles. The number of halogens is 1. The summed E-state index contributed by atoms with van der Waals surface area (Å²) in [6.07, 6.45) is 4.20. The van der Waals surface area contributed by atoms with Gasteiger partial charge < -0.3 is 15.6 Å². The van der Waals surface area contributed by atoms with Crippen molar-refractivity contribution in [1.82, 2.24) is 20.6 Å². The number of fused-ring (bicyclic) bond motifs is 1. The van der Waals surface area contributed by atoms with Crippen LogP contribution in [-0.4, -0.2) is 16.5 Å². The lowest BCUT2D eigenvalue weighted by molar-refractivity contribution is 0.534. The molecule has 2 aliphatic heterocycles. The maximum absolute atomic E-state index is 14.8. The Labute approximate surface area is 158 Å². The van der Waals surface area contributed by atoms with Gasteiger partial charge in [0, 0.05) is 23.7 Å². The first kappa shape index (κ1) is 16.9. The topological polar surface area (TPSA) is 52.7 Å². The van der Waals surface area contributed by atoms with Crippen molar-refractivity contribution < 1.29 is 4.39 Å². The summed E-state index contributed by atoms with van der Waals surface area (Å²) in [7, 11) is 0. The Bertz CT molecular complexity index is 956. The van der Waals surface area contributed by atoms with Crippen molar-refractivity contribution in [3.63, 3.8) is 0 Å². The number of aryl methyl sites for hydroxylation is 1. The summed E-state index contributed by atoms with van der Waals surface area (Å²) in [6, 6.07) is 12.7. The Morgan fingerprint density at radius 2 is 1.81 bits per heavy atom. The summed E-state index contributed by atoms with van der Waals surface area (Å²) in [6.45, 7) is 3.12. The van der Waals surface area contributed by atoms with Crippen LogP contribution < -0.4 is 10.6 Å². The van der Waals surface area contributed by atoms with Crippen LogP contribution in [0.5, 0.6) is 0 Å². The Hall–Kier alpha value is -2.24. The highest BCUT2D eigenvalue weighted by Crippen LogP contribution is 2.36. The summed E-state index contributed by atoms with van der Waals surface area (Å²) in [5.74, 6) is 0.762. The normalized spacial score (nSPS) is 25.5. The minimum atomic E-state index is -0.165. The molecule has 5 rings (SSSR count). The maximum atomic E-state index is 14.8. The van der Waals surface area contributed by atoms with Crippen LogP contribution in [0.25, 0.3) is 11.0 Å². The van der Waals surface area contributed by atoms with Gasteiger partial charge in [-0.2, -0.15) is 0 Å². The fraction of sp³-hybridized carbons (Fsp3) is 0.409. The van der Waals surface area contributed by atoms with Gasteiger partial charge in [-0.25, -0.2) is 9.37 Å². The largest absolute Gasteiger partial charge is 0.341 e. The quantitative estimate of drug-likeness (QED) is 0.637. The molecule has 4 nitrogen and oxygen atoms in total. The van der Waals surface area contributed by atoms with E-state index in [2.05, 4.69) is 51.8 Å². The molecule has 3 N–H and O–H groups in total. The lowest BCUT2D eigenvalue weighted by atomic mass is 10.0. The predicted octanol–water partition coefficient (Wildman–Crippen LogP) is 4.60. The van der Waals surface area contributed by atoms with Gasteiger partial charge in [-0.15, -0.1) is 0 Å². The van der Waals surface area contributed by atoms with E-state index in [-0.39, 0.29) is 23.9 Å². The zero-order chi connectivity index (χ0) is 18.4. The number of H-pyrrole nitrogens is 1. The van der Waals surface area contributed by atoms with Gasteiger partial charge in [0.1, 0.15) is 11.6 Å². The third-order valence-corrected chi connectivity index (χ3v) is 6.01. The summed E-state index contributed by atoms with van der Waals surface area (Å²) < 4.78 is 14.8. The highest BCUT2D eigenvalue weighted by molar-refractivity contribution is 5.76. The van der Waals surface area contributed by atoms with Crippen LogP contribution in [-0.2, 0) is 0 Å². The molecule has 27 heavy (non-hydrogen) atoms. The molecule has 0 amide bonds. The van der Waals surface area contributed by atoms with Crippen LogP contribution >= 0.6 is 0 Å². The number of hydrogen-bond acceptors (Lipinski definition) is 3. The number of nitrogens with one attached hydrogen (secondary N) is 3. The average Bonchev–Trinajstić information content (AvgIpc) is 3.41. The van der Waals surface area contributed by atoms with Crippen molar-refractivity contribution >= 4 is 11.0 Å². The second-order valence-corrected chi connectivity index (χ2v) is 7.92. The Morgan fingerprint density at radius 1 is 1.00 bits per heavy atom. The molecule has 2 aliphatic rings. The van der Waals surface area contributed by atoms with Crippen molar-refractivity contribution in [2.75, 3.05) is 6.54 Å². The standard InChI is InChI=1S/C22H25FN4/c1-13-4-6-14(7-5-13)17-8-9-18(25-17)15-11-20-21(12-16(15)23)27-22(26-20)19-3-2-10-24-19/h4-7,11-12,17-19,24-25H,2-3,8-10H2,1H3,(H,26,27)/t17-,18-,19+/m1/s1. The molecule has 0 unspecified atom stereocenters. The van der Waals surface area contributed by atoms with Gasteiger partial charge >= 0.3 is 0 Å². The van der Waals surface area contributed by atoms with Crippen LogP contribution in [0.3, 0.4) is 0 Å². The highest BCUT2D eigenvalue weighted by Gasteiger charge is 2.28. The maximum Gasteiger partial charge on any atom is 0.130 e. The van der Waals surface area contributed by atoms with Crippen molar-refractivity contribution in [3.8, 4) is 0 Å². The molecule has 5 heteroatoms. The summed E-state index contributed by atoms with van der Waals surface area (Å²) >= 11 is 0. The number of rotatable bonds is 3. The minimum absolute atomic E-state index is 0.0389. The fourth-order valence-electron chi connectivity index (χ4n) is 4.47. The van der Waals surface area contributed by atoms with Gasteiger partial charge in [0.25, 0.3) is 0 Å². The molecule has 2 saturated heterocycles. The van der Waals surface area contributed by atoms with Crippen LogP contribution in [0, 0.1) is 12.7 Å². The summed E-state index contributed by atoms with van der Waals surface area (Å²) in [4.78, 5) is 8.03. The highest BCUT2D eigenvalue weighted by atomic mass is 19.1. The van der Waals surface area contributed by atoms with E-state index in [9.17, 15) is 4.39 Å². The molecule has 0 aliphatic carbocycles. The monoisotopic (exact) mass is 364 g/mol. The molecule has 0 bridgehead atoms. The van der Waals surface area contributed by atoms with E-state index in [4.69, 9.17) is 0 Å². The van der Waals surface area contributed by atoms with Gasteiger partial charge in [-0.05, 0) is 50.8 Å². The third kappa shape index (κ3) is 3.15. The summed E-state index contributed by atoms with van der Waals surface area (Å²) in [5, 5.41) is 7.07. The molecule has 3 atom stereocenters. The molecule has 0 radical (unpaired) electrons. The number of nitrogens with zero attached hydrogens (tertiary/aromatic N) is 1. The molecular weight excluding hydrogens is 339 g/mol. The van der Waals surface area contributed by atoms with Gasteiger partial charge in [0.15, 0.2) is 0 Å². The van der Waals surface area contributed by atoms with Gasteiger partial charge in [-0.3, -0.25) is 0 Å². The number of benzene rings is 2. The Kier molecular flexibility index (Phi) is 4.21. The smallest absolute Gasteiger partial charge is 0.130 e. The lowest BCUT2D eigenvalue weighted by Crippen LogP contribution is -2.18. The van der Waals surface area contributed by atoms with Crippen LogP contribution in [0.2, 0.25) is 0 Å². The van der Waals surface area contributed by atoms with Gasteiger partial charge in [-0.1, -0.05) is 29.8 Å². The molecule has 140 valence electrons. The first-order valence-corrected chi connectivity index (χ1v) is 9.92. The summed E-state index contributed by atoms with van der Waals surface area (Å²) in [5.41, 5.74) is 4.92. The second kappa shape index (κ2) is 6.73. The van der Waals surface area contributed by atoms with Gasteiger partial charge in [0.2, 0.25) is 0 Å². The fourth-order valence-corrected chi connectivity index (χ4v) is 4.47. The molecule has 0 spiro atoms.